The van der Waals surface area contributed by atoms with E-state index in [9.17, 15) is 4.79 Å². The third-order valence-electron chi connectivity index (χ3n) is 4.92. The van der Waals surface area contributed by atoms with Gasteiger partial charge in [-0.05, 0) is 52.2 Å². The summed E-state index contributed by atoms with van der Waals surface area (Å²) >= 11 is 3.47. The summed E-state index contributed by atoms with van der Waals surface area (Å²) in [5.41, 5.74) is 3.46. The summed E-state index contributed by atoms with van der Waals surface area (Å²) in [5, 5.41) is 7.38. The minimum absolute atomic E-state index is 0.0165. The number of amides is 2. The number of carbonyl (C=O) groups excluding carboxylic acids is 1. The van der Waals surface area contributed by atoms with Crippen molar-refractivity contribution in [1.82, 2.24) is 14.8 Å². The molecule has 2 amide bonds. The molecule has 5 nitrogen and oxygen atoms in total. The van der Waals surface area contributed by atoms with Crippen molar-refractivity contribution in [3.8, 4) is 0 Å². The Morgan fingerprint density at radius 2 is 1.83 bits per heavy atom. The zero-order valence-corrected chi connectivity index (χ0v) is 17.8. The number of hydrogen-bond acceptors (Lipinski definition) is 5. The van der Waals surface area contributed by atoms with E-state index in [1.54, 1.807) is 23.1 Å². The Morgan fingerprint density at radius 1 is 1.03 bits per heavy atom. The molecule has 1 aromatic carbocycles. The number of piperazine rings is 1. The van der Waals surface area contributed by atoms with Crippen molar-refractivity contribution >= 4 is 34.8 Å². The topological polar surface area (TPSA) is 48.5 Å². The molecule has 29 heavy (non-hydrogen) atoms. The highest BCUT2D eigenvalue weighted by Gasteiger charge is 2.21. The van der Waals surface area contributed by atoms with Gasteiger partial charge in [0.1, 0.15) is 0 Å². The second kappa shape index (κ2) is 9.91. The minimum atomic E-state index is -0.0165. The number of urea groups is 1. The highest BCUT2D eigenvalue weighted by Crippen LogP contribution is 2.30. The molecule has 150 valence electrons. The van der Waals surface area contributed by atoms with Crippen molar-refractivity contribution in [1.29, 1.82) is 0 Å². The smallest absolute Gasteiger partial charge is 0.321 e. The fourth-order valence-electron chi connectivity index (χ4n) is 3.28. The van der Waals surface area contributed by atoms with Gasteiger partial charge >= 0.3 is 6.03 Å². The average Bonchev–Trinajstić information content (AvgIpc) is 3.28. The summed E-state index contributed by atoms with van der Waals surface area (Å²) in [5.74, 6) is 0.907. The third-order valence-corrected chi connectivity index (χ3v) is 6.79. The Balaban J connectivity index is 1.30. The van der Waals surface area contributed by atoms with Gasteiger partial charge in [-0.1, -0.05) is 12.1 Å². The summed E-state index contributed by atoms with van der Waals surface area (Å²) in [6.45, 7) is 4.14. The molecule has 4 rings (SSSR count). The van der Waals surface area contributed by atoms with Crippen LogP contribution in [0.4, 0.5) is 10.5 Å². The van der Waals surface area contributed by atoms with Gasteiger partial charge in [0.05, 0.1) is 5.69 Å². The molecule has 0 aliphatic carbocycles. The molecule has 1 aliphatic heterocycles. The summed E-state index contributed by atoms with van der Waals surface area (Å²) in [4.78, 5) is 22.3. The van der Waals surface area contributed by atoms with Crippen LogP contribution in [-0.2, 0) is 12.3 Å². The van der Waals surface area contributed by atoms with Crippen LogP contribution >= 0.6 is 23.1 Å². The highest BCUT2D eigenvalue weighted by atomic mass is 32.2. The molecular formula is C22H24N4OS2. The maximum atomic E-state index is 12.8. The number of anilines is 1. The monoisotopic (exact) mass is 424 g/mol. The number of thioether (sulfide) groups is 1. The van der Waals surface area contributed by atoms with E-state index >= 15 is 0 Å². The van der Waals surface area contributed by atoms with Gasteiger partial charge in [0.2, 0.25) is 0 Å². The van der Waals surface area contributed by atoms with Crippen LogP contribution in [0.25, 0.3) is 0 Å². The van der Waals surface area contributed by atoms with Gasteiger partial charge in [0.15, 0.2) is 0 Å². The van der Waals surface area contributed by atoms with E-state index in [-0.39, 0.29) is 6.03 Å². The number of nitrogens with zero attached hydrogens (tertiary/aromatic N) is 3. The molecule has 0 bridgehead atoms. The van der Waals surface area contributed by atoms with Gasteiger partial charge in [-0.2, -0.15) is 11.3 Å². The molecule has 0 saturated carbocycles. The summed E-state index contributed by atoms with van der Waals surface area (Å²) in [6.07, 6.45) is 3.65. The Kier molecular flexibility index (Phi) is 6.82. The largest absolute Gasteiger partial charge is 0.322 e. The molecule has 1 aliphatic rings. The number of thiophene rings is 1. The summed E-state index contributed by atoms with van der Waals surface area (Å²) in [7, 11) is 0. The zero-order valence-electron chi connectivity index (χ0n) is 16.2. The lowest BCUT2D eigenvalue weighted by molar-refractivity contribution is 0.143. The lowest BCUT2D eigenvalue weighted by Crippen LogP contribution is -2.49. The van der Waals surface area contributed by atoms with Crippen LogP contribution in [0, 0.1) is 0 Å². The Labute approximate surface area is 179 Å². The van der Waals surface area contributed by atoms with Crippen LogP contribution in [-0.4, -0.2) is 47.0 Å². The molecule has 1 N–H and O–H groups in total. The molecule has 7 heteroatoms. The lowest BCUT2D eigenvalue weighted by Gasteiger charge is -2.34. The Bertz CT molecular complexity index is 910. The predicted molar refractivity (Wildman–Crippen MR) is 120 cm³/mol. The van der Waals surface area contributed by atoms with E-state index < -0.39 is 0 Å². The van der Waals surface area contributed by atoms with Crippen LogP contribution < -0.4 is 5.32 Å². The molecule has 0 unspecified atom stereocenters. The number of aromatic nitrogens is 1. The van der Waals surface area contributed by atoms with E-state index in [1.807, 2.05) is 47.6 Å². The standard InChI is InChI=1S/C22H24N4OS2/c27-22(26-12-10-25(11-13-26)15-18-5-8-23-9-6-18)24-20-3-1-2-4-21(20)29-17-19-7-14-28-16-19/h1-9,14,16H,10-13,15,17H2,(H,24,27). The molecule has 3 aromatic rings. The maximum Gasteiger partial charge on any atom is 0.321 e. The van der Waals surface area contributed by atoms with Crippen LogP contribution in [0.2, 0.25) is 0 Å². The highest BCUT2D eigenvalue weighted by molar-refractivity contribution is 7.98. The maximum absolute atomic E-state index is 12.8. The third kappa shape index (κ3) is 5.59. The molecule has 1 saturated heterocycles. The van der Waals surface area contributed by atoms with Crippen LogP contribution in [0.1, 0.15) is 11.1 Å². The molecule has 0 atom stereocenters. The average molecular weight is 425 g/mol. The first-order valence-corrected chi connectivity index (χ1v) is 11.6. The summed E-state index contributed by atoms with van der Waals surface area (Å²) < 4.78 is 0. The van der Waals surface area contributed by atoms with Gasteiger partial charge < -0.3 is 10.2 Å². The van der Waals surface area contributed by atoms with Crippen molar-refractivity contribution in [2.24, 2.45) is 0 Å². The second-order valence-electron chi connectivity index (χ2n) is 6.97. The van der Waals surface area contributed by atoms with Gasteiger partial charge in [0.25, 0.3) is 0 Å². The van der Waals surface area contributed by atoms with E-state index in [2.05, 4.69) is 38.1 Å². The number of benzene rings is 1. The van der Waals surface area contributed by atoms with E-state index in [0.717, 1.165) is 49.1 Å². The quantitative estimate of drug-likeness (QED) is 0.578. The lowest BCUT2D eigenvalue weighted by atomic mass is 10.2. The number of nitrogens with one attached hydrogen (secondary N) is 1. The first-order valence-electron chi connectivity index (χ1n) is 9.68. The van der Waals surface area contributed by atoms with Crippen molar-refractivity contribution < 1.29 is 4.79 Å². The number of para-hydroxylation sites is 1. The van der Waals surface area contributed by atoms with Gasteiger partial charge in [-0.15, -0.1) is 11.8 Å². The van der Waals surface area contributed by atoms with Gasteiger partial charge in [-0.3, -0.25) is 9.88 Å². The minimum Gasteiger partial charge on any atom is -0.322 e. The van der Waals surface area contributed by atoms with Crippen LogP contribution in [0.3, 0.4) is 0 Å². The predicted octanol–water partition coefficient (Wildman–Crippen LogP) is 4.79. The molecular weight excluding hydrogens is 400 g/mol. The van der Waals surface area contributed by atoms with Crippen molar-refractivity contribution in [3.05, 3.63) is 76.7 Å². The number of rotatable bonds is 6. The molecule has 3 heterocycles. The van der Waals surface area contributed by atoms with Gasteiger partial charge in [-0.25, -0.2) is 4.79 Å². The van der Waals surface area contributed by atoms with Crippen molar-refractivity contribution in [2.45, 2.75) is 17.2 Å². The van der Waals surface area contributed by atoms with E-state index in [1.165, 1.54) is 11.1 Å². The number of carbonyl (C=O) groups is 1. The molecule has 0 spiro atoms. The van der Waals surface area contributed by atoms with Crippen LogP contribution in [0.15, 0.2) is 70.5 Å². The number of pyridine rings is 1. The first kappa shape index (κ1) is 19.9. The van der Waals surface area contributed by atoms with E-state index in [0.29, 0.717) is 0 Å². The molecule has 1 fully saturated rings. The fourth-order valence-corrected chi connectivity index (χ4v) is 5.01. The number of hydrogen-bond donors (Lipinski definition) is 1. The fraction of sp³-hybridized carbons (Fsp3) is 0.273. The van der Waals surface area contributed by atoms with Gasteiger partial charge in [0, 0.05) is 55.8 Å². The van der Waals surface area contributed by atoms with Crippen LogP contribution in [0.5, 0.6) is 0 Å². The Morgan fingerprint density at radius 3 is 2.59 bits per heavy atom. The Hall–Kier alpha value is -2.35. The second-order valence-corrected chi connectivity index (χ2v) is 8.76. The molecule has 2 aromatic heterocycles. The van der Waals surface area contributed by atoms with Crippen molar-refractivity contribution in [2.75, 3.05) is 31.5 Å². The zero-order chi connectivity index (χ0) is 19.9. The SMILES string of the molecule is O=C(Nc1ccccc1SCc1ccsc1)N1CCN(Cc2ccncc2)CC1. The normalized spacial score (nSPS) is 14.7. The summed E-state index contributed by atoms with van der Waals surface area (Å²) in [6, 6.07) is 14.3. The van der Waals surface area contributed by atoms with E-state index in [4.69, 9.17) is 0 Å². The first-order chi connectivity index (χ1) is 14.3. The molecule has 0 radical (unpaired) electrons. The van der Waals surface area contributed by atoms with Crippen molar-refractivity contribution in [3.63, 3.8) is 0 Å².